The second-order valence-electron chi connectivity index (χ2n) is 5.55. The number of H-pyrrole nitrogens is 1. The van der Waals surface area contributed by atoms with E-state index in [9.17, 15) is 9.90 Å². The van der Waals surface area contributed by atoms with Crippen molar-refractivity contribution < 1.29 is 9.90 Å². The Morgan fingerprint density at radius 1 is 1.15 bits per heavy atom. The topological polar surface area (TPSA) is 83.8 Å². The van der Waals surface area contributed by atoms with Crippen molar-refractivity contribution in [3.63, 3.8) is 0 Å². The maximum absolute atomic E-state index is 11.4. The van der Waals surface area contributed by atoms with Crippen LogP contribution in [0.1, 0.15) is 10.4 Å². The number of nitrogens with one attached hydrogen (secondary N) is 1. The first-order valence-electron chi connectivity index (χ1n) is 7.61. The number of carboxylic acids is 1. The number of aromatic amines is 1. The predicted octanol–water partition coefficient (Wildman–Crippen LogP) is 4.50. The summed E-state index contributed by atoms with van der Waals surface area (Å²) in [6.45, 7) is 0. The lowest BCUT2D eigenvalue weighted by atomic mass is 10.2. The SMILES string of the molecule is O=C(O)c1cc(-n2c(-c3ccc4ccccc4n3)n[nH]c2=S)ccc1Cl. The summed E-state index contributed by atoms with van der Waals surface area (Å²) in [6.07, 6.45) is 0. The number of hydrogen-bond acceptors (Lipinski definition) is 4. The lowest BCUT2D eigenvalue weighted by molar-refractivity contribution is 0.0697. The maximum atomic E-state index is 11.4. The molecule has 0 fully saturated rings. The Bertz CT molecular complexity index is 1220. The van der Waals surface area contributed by atoms with Crippen LogP contribution in [-0.2, 0) is 0 Å². The second-order valence-corrected chi connectivity index (χ2v) is 6.34. The number of rotatable bonds is 3. The summed E-state index contributed by atoms with van der Waals surface area (Å²) in [6, 6.07) is 16.2. The van der Waals surface area contributed by atoms with Gasteiger partial charge in [-0.15, -0.1) is 0 Å². The molecule has 0 bridgehead atoms. The minimum atomic E-state index is -1.11. The Kier molecular flexibility index (Phi) is 4.02. The number of carbonyl (C=O) groups is 1. The standard InChI is InChI=1S/C18H11ClN4O2S/c19-13-7-6-11(9-12(13)17(24)25)23-16(21-22-18(23)26)15-8-5-10-3-1-2-4-14(10)20-15/h1-9H,(H,22,26)(H,24,25). The molecule has 8 heteroatoms. The molecule has 26 heavy (non-hydrogen) atoms. The molecule has 2 aromatic heterocycles. The highest BCUT2D eigenvalue weighted by Gasteiger charge is 2.16. The van der Waals surface area contributed by atoms with Crippen LogP contribution in [0.15, 0.2) is 54.6 Å². The molecule has 6 nitrogen and oxygen atoms in total. The van der Waals surface area contributed by atoms with Crippen molar-refractivity contribution in [2.24, 2.45) is 0 Å². The van der Waals surface area contributed by atoms with Crippen LogP contribution >= 0.6 is 23.8 Å². The van der Waals surface area contributed by atoms with Crippen molar-refractivity contribution in [2.45, 2.75) is 0 Å². The van der Waals surface area contributed by atoms with Gasteiger partial charge in [-0.1, -0.05) is 35.9 Å². The van der Waals surface area contributed by atoms with Gasteiger partial charge in [0.05, 0.1) is 21.8 Å². The van der Waals surface area contributed by atoms with Gasteiger partial charge in [0.15, 0.2) is 10.6 Å². The molecular formula is C18H11ClN4O2S. The van der Waals surface area contributed by atoms with Crippen LogP contribution in [0.2, 0.25) is 5.02 Å². The van der Waals surface area contributed by atoms with Gasteiger partial charge in [0.25, 0.3) is 0 Å². The summed E-state index contributed by atoms with van der Waals surface area (Å²) in [5, 5.41) is 17.5. The molecule has 0 aliphatic heterocycles. The minimum absolute atomic E-state index is 0.00955. The average molecular weight is 383 g/mol. The van der Waals surface area contributed by atoms with E-state index in [2.05, 4.69) is 15.2 Å². The van der Waals surface area contributed by atoms with Gasteiger partial charge in [-0.2, -0.15) is 5.10 Å². The molecule has 0 aliphatic carbocycles. The number of aromatic nitrogens is 4. The van der Waals surface area contributed by atoms with Gasteiger partial charge in [0.2, 0.25) is 0 Å². The van der Waals surface area contributed by atoms with Crippen molar-refractivity contribution in [2.75, 3.05) is 0 Å². The van der Waals surface area contributed by atoms with E-state index >= 15 is 0 Å². The first-order valence-corrected chi connectivity index (χ1v) is 8.40. The van der Waals surface area contributed by atoms with Gasteiger partial charge in [-0.25, -0.2) is 9.78 Å². The number of aromatic carboxylic acids is 1. The number of benzene rings is 2. The molecule has 2 aromatic carbocycles. The van der Waals surface area contributed by atoms with Gasteiger partial charge in [0, 0.05) is 5.39 Å². The molecule has 0 radical (unpaired) electrons. The van der Waals surface area contributed by atoms with Crippen LogP contribution in [0.3, 0.4) is 0 Å². The zero-order valence-corrected chi connectivity index (χ0v) is 14.8. The zero-order valence-electron chi connectivity index (χ0n) is 13.2. The molecule has 2 heterocycles. The molecule has 0 spiro atoms. The van der Waals surface area contributed by atoms with Crippen molar-refractivity contribution in [1.82, 2.24) is 19.7 Å². The average Bonchev–Trinajstić information content (AvgIpc) is 3.03. The van der Waals surface area contributed by atoms with E-state index in [1.54, 1.807) is 10.6 Å². The molecule has 0 aliphatic rings. The van der Waals surface area contributed by atoms with E-state index in [0.717, 1.165) is 10.9 Å². The normalized spacial score (nSPS) is 11.0. The number of carboxylic acid groups (broad SMARTS) is 1. The lowest BCUT2D eigenvalue weighted by Crippen LogP contribution is -2.03. The highest BCUT2D eigenvalue weighted by Crippen LogP contribution is 2.25. The highest BCUT2D eigenvalue weighted by molar-refractivity contribution is 7.71. The zero-order chi connectivity index (χ0) is 18.3. The van der Waals surface area contributed by atoms with E-state index in [0.29, 0.717) is 22.0 Å². The van der Waals surface area contributed by atoms with Gasteiger partial charge in [-0.05, 0) is 42.5 Å². The highest BCUT2D eigenvalue weighted by atomic mass is 35.5. The molecule has 128 valence electrons. The van der Waals surface area contributed by atoms with E-state index < -0.39 is 5.97 Å². The fourth-order valence-corrected chi connectivity index (χ4v) is 3.15. The first kappa shape index (κ1) is 16.4. The fraction of sp³-hybridized carbons (Fsp3) is 0. The van der Waals surface area contributed by atoms with Gasteiger partial charge in [0.1, 0.15) is 5.69 Å². The molecule has 0 atom stereocenters. The summed E-state index contributed by atoms with van der Waals surface area (Å²) in [5.41, 5.74) is 1.97. The van der Waals surface area contributed by atoms with Gasteiger partial charge >= 0.3 is 5.97 Å². The summed E-state index contributed by atoms with van der Waals surface area (Å²) < 4.78 is 1.96. The molecule has 2 N–H and O–H groups in total. The molecule has 0 amide bonds. The molecular weight excluding hydrogens is 372 g/mol. The second kappa shape index (κ2) is 6.36. The van der Waals surface area contributed by atoms with E-state index in [-0.39, 0.29) is 10.6 Å². The summed E-state index contributed by atoms with van der Waals surface area (Å²) in [4.78, 5) is 16.0. The number of hydrogen-bond donors (Lipinski definition) is 2. The van der Waals surface area contributed by atoms with Crippen molar-refractivity contribution in [3.8, 4) is 17.2 Å². The molecule has 4 aromatic rings. The molecule has 0 unspecified atom stereocenters. The van der Waals surface area contributed by atoms with E-state index in [4.69, 9.17) is 23.8 Å². The Labute approximate surface area is 157 Å². The van der Waals surface area contributed by atoms with Crippen LogP contribution in [0.4, 0.5) is 0 Å². The van der Waals surface area contributed by atoms with Crippen LogP contribution < -0.4 is 0 Å². The number of pyridine rings is 1. The van der Waals surface area contributed by atoms with E-state index in [1.807, 2.05) is 36.4 Å². The summed E-state index contributed by atoms with van der Waals surface area (Å²) in [5.74, 6) is -0.628. The van der Waals surface area contributed by atoms with Crippen molar-refractivity contribution in [1.29, 1.82) is 0 Å². The van der Waals surface area contributed by atoms with Gasteiger partial charge in [-0.3, -0.25) is 9.67 Å². The summed E-state index contributed by atoms with van der Waals surface area (Å²) >= 11 is 11.3. The fourth-order valence-electron chi connectivity index (χ4n) is 2.72. The third-order valence-electron chi connectivity index (χ3n) is 3.94. The first-order chi connectivity index (χ1) is 12.5. The van der Waals surface area contributed by atoms with Gasteiger partial charge < -0.3 is 5.11 Å². The lowest BCUT2D eigenvalue weighted by Gasteiger charge is -2.09. The minimum Gasteiger partial charge on any atom is -0.478 e. The van der Waals surface area contributed by atoms with E-state index in [1.165, 1.54) is 12.1 Å². The van der Waals surface area contributed by atoms with Crippen LogP contribution in [0.5, 0.6) is 0 Å². The molecule has 4 rings (SSSR count). The Balaban J connectivity index is 1.92. The number of fused-ring (bicyclic) bond motifs is 1. The molecule has 0 saturated heterocycles. The smallest absolute Gasteiger partial charge is 0.337 e. The van der Waals surface area contributed by atoms with Crippen molar-refractivity contribution >= 4 is 40.7 Å². The maximum Gasteiger partial charge on any atom is 0.337 e. The summed E-state index contributed by atoms with van der Waals surface area (Å²) in [7, 11) is 0. The Morgan fingerprint density at radius 2 is 1.96 bits per heavy atom. The third-order valence-corrected chi connectivity index (χ3v) is 4.54. The van der Waals surface area contributed by atoms with Crippen molar-refractivity contribution in [3.05, 3.63) is 70.0 Å². The Morgan fingerprint density at radius 3 is 2.77 bits per heavy atom. The van der Waals surface area contributed by atoms with Crippen LogP contribution in [0.25, 0.3) is 28.1 Å². The largest absolute Gasteiger partial charge is 0.478 e. The number of para-hydroxylation sites is 1. The monoisotopic (exact) mass is 382 g/mol. The Hall–Kier alpha value is -3.03. The molecule has 0 saturated carbocycles. The predicted molar refractivity (Wildman–Crippen MR) is 101 cm³/mol. The van der Waals surface area contributed by atoms with Crippen LogP contribution in [-0.4, -0.2) is 30.8 Å². The number of halogens is 1. The number of nitrogens with zero attached hydrogens (tertiary/aromatic N) is 3. The van der Waals surface area contributed by atoms with Crippen LogP contribution in [0, 0.1) is 4.77 Å². The third kappa shape index (κ3) is 2.77. The quantitative estimate of drug-likeness (QED) is 0.510.